The minimum Gasteiger partial charge on any atom is -0.449 e. The molecule has 0 unspecified atom stereocenters. The minimum absolute atomic E-state index is 0.0394. The van der Waals surface area contributed by atoms with Crippen LogP contribution in [-0.4, -0.2) is 109 Å². The number of amides is 5. The molecule has 0 radical (unpaired) electrons. The molecule has 5 aliphatic rings. The fourth-order valence-corrected chi connectivity index (χ4v) is 8.76. The second-order valence-corrected chi connectivity index (χ2v) is 19.4. The van der Waals surface area contributed by atoms with Crippen LogP contribution in [0, 0.1) is 11.3 Å². The van der Waals surface area contributed by atoms with E-state index in [-0.39, 0.29) is 45.1 Å². The SMILES string of the molecule is C=C[C@@H]1C[C@]1(NC(=O)[C@@H]1C[C@@H]2CN1C(=O)[C@H](COC(C)(C)C)NC(=O)OCC(C)(C)CCC=Cc1cccc3c1CN(C3)C(=O)CO2)C(=O)NS(=O)(=O)C1CC1. The first kappa shape index (κ1) is 41.4. The number of carbonyl (C=O) groups is 5. The number of allylic oxidation sites excluding steroid dienone is 1. The van der Waals surface area contributed by atoms with Gasteiger partial charge in [-0.25, -0.2) is 13.2 Å². The molecule has 15 nitrogen and oxygen atoms in total. The Hall–Kier alpha value is -4.28. The van der Waals surface area contributed by atoms with Gasteiger partial charge in [-0.2, -0.15) is 0 Å². The summed E-state index contributed by atoms with van der Waals surface area (Å²) in [7, 11) is -3.92. The molecule has 6 rings (SSSR count). The number of hydrogen-bond acceptors (Lipinski definition) is 10. The molecular formula is C40H55N5O10S. The number of rotatable bonds is 8. The maximum absolute atomic E-state index is 14.5. The molecule has 0 spiro atoms. The highest BCUT2D eigenvalue weighted by Crippen LogP contribution is 2.45. The second kappa shape index (κ2) is 15.9. The number of sulfonamides is 1. The molecule has 3 aliphatic heterocycles. The first-order valence-corrected chi connectivity index (χ1v) is 20.9. The van der Waals surface area contributed by atoms with Gasteiger partial charge < -0.3 is 34.6 Å². The van der Waals surface area contributed by atoms with Gasteiger partial charge in [0.15, 0.2) is 0 Å². The zero-order valence-electron chi connectivity index (χ0n) is 32.9. The number of nitrogens with one attached hydrogen (secondary N) is 3. The first-order chi connectivity index (χ1) is 26.3. The maximum atomic E-state index is 14.5. The number of carbonyl (C=O) groups excluding carboxylic acids is 5. The van der Waals surface area contributed by atoms with Crippen molar-refractivity contribution in [1.82, 2.24) is 25.2 Å². The molecular weight excluding hydrogens is 743 g/mol. The van der Waals surface area contributed by atoms with Crippen LogP contribution in [0.25, 0.3) is 6.08 Å². The summed E-state index contributed by atoms with van der Waals surface area (Å²) < 4.78 is 45.3. The fraction of sp³-hybridized carbons (Fsp3) is 0.625. The van der Waals surface area contributed by atoms with Crippen molar-refractivity contribution < 1.29 is 46.6 Å². The van der Waals surface area contributed by atoms with E-state index < -0.39 is 79.7 Å². The van der Waals surface area contributed by atoms with Crippen LogP contribution in [0.15, 0.2) is 36.9 Å². The van der Waals surface area contributed by atoms with Gasteiger partial charge in [0.25, 0.3) is 5.91 Å². The summed E-state index contributed by atoms with van der Waals surface area (Å²) in [5.41, 5.74) is 0.431. The molecule has 1 saturated heterocycles. The van der Waals surface area contributed by atoms with Crippen molar-refractivity contribution in [2.24, 2.45) is 11.3 Å². The van der Waals surface area contributed by atoms with Gasteiger partial charge in [-0.3, -0.25) is 23.9 Å². The van der Waals surface area contributed by atoms with Crippen molar-refractivity contribution in [3.05, 3.63) is 53.6 Å². The van der Waals surface area contributed by atoms with Gasteiger partial charge in [-0.1, -0.05) is 50.3 Å². The molecule has 1 aromatic rings. The van der Waals surface area contributed by atoms with Crippen molar-refractivity contribution in [2.45, 2.75) is 121 Å². The molecule has 16 heteroatoms. The predicted octanol–water partition coefficient (Wildman–Crippen LogP) is 2.93. The lowest BCUT2D eigenvalue weighted by Gasteiger charge is -2.31. The lowest BCUT2D eigenvalue weighted by Crippen LogP contribution is -2.59. The van der Waals surface area contributed by atoms with Gasteiger partial charge in [-0.15, -0.1) is 6.58 Å². The molecule has 2 saturated carbocycles. The van der Waals surface area contributed by atoms with Crippen molar-refractivity contribution >= 4 is 45.8 Å². The fourth-order valence-electron chi connectivity index (χ4n) is 7.40. The summed E-state index contributed by atoms with van der Waals surface area (Å²) >= 11 is 0. The van der Waals surface area contributed by atoms with Crippen molar-refractivity contribution in [1.29, 1.82) is 0 Å². The van der Waals surface area contributed by atoms with Gasteiger partial charge >= 0.3 is 6.09 Å². The standard InChI is InChI=1S/C40H55N5O10S/c1-7-27-18-40(27,36(49)43-56(51,52)29-14-15-29)42-34(47)32-17-28-20-45(32)35(48)31(22-55-38(2,3)4)41-37(50)54-24-39(5,6)16-9-8-11-25-12-10-13-26-19-44(21-30(25)26)33(46)23-53-28/h7-8,10-13,27-29,31-32H,1,9,14-24H2,2-6H3,(H,41,50)(H,42,47)(H,43,49)/t27-,28-,31+,32+,40-/m1/s1. The third-order valence-electron chi connectivity index (χ3n) is 11.1. The quantitative estimate of drug-likeness (QED) is 0.330. The summed E-state index contributed by atoms with van der Waals surface area (Å²) in [4.78, 5) is 72.0. The molecule has 3 N–H and O–H groups in total. The Bertz CT molecular complexity index is 1890. The molecule has 5 amide bonds. The topological polar surface area (TPSA) is 190 Å². The van der Waals surface area contributed by atoms with Crippen LogP contribution in [0.2, 0.25) is 0 Å². The van der Waals surface area contributed by atoms with E-state index in [1.54, 1.807) is 25.7 Å². The van der Waals surface area contributed by atoms with E-state index in [4.69, 9.17) is 14.2 Å². The van der Waals surface area contributed by atoms with E-state index in [0.717, 1.165) is 16.7 Å². The largest absolute Gasteiger partial charge is 0.449 e. The monoisotopic (exact) mass is 797 g/mol. The van der Waals surface area contributed by atoms with Gasteiger partial charge in [0.2, 0.25) is 27.7 Å². The van der Waals surface area contributed by atoms with E-state index in [1.165, 1.54) is 11.0 Å². The van der Waals surface area contributed by atoms with Crippen LogP contribution in [0.3, 0.4) is 0 Å². The van der Waals surface area contributed by atoms with Crippen molar-refractivity contribution in [3.8, 4) is 0 Å². The number of benzene rings is 1. The van der Waals surface area contributed by atoms with Gasteiger partial charge in [0.1, 0.15) is 24.2 Å². The average Bonchev–Trinajstić information content (AvgIpc) is 4.02. The van der Waals surface area contributed by atoms with E-state index in [1.807, 2.05) is 32.0 Å². The predicted molar refractivity (Wildman–Crippen MR) is 206 cm³/mol. The Labute approximate surface area is 329 Å². The van der Waals surface area contributed by atoms with E-state index in [2.05, 4.69) is 34.1 Å². The third kappa shape index (κ3) is 9.63. The zero-order chi connectivity index (χ0) is 40.6. The first-order valence-electron chi connectivity index (χ1n) is 19.4. The summed E-state index contributed by atoms with van der Waals surface area (Å²) in [6, 6.07) is 3.49. The number of ether oxygens (including phenoxy) is 3. The summed E-state index contributed by atoms with van der Waals surface area (Å²) in [6.07, 6.45) is 6.38. The molecule has 306 valence electrons. The average molecular weight is 798 g/mol. The van der Waals surface area contributed by atoms with Crippen molar-refractivity contribution in [2.75, 3.05) is 26.4 Å². The highest BCUT2D eigenvalue weighted by atomic mass is 32.2. The highest BCUT2D eigenvalue weighted by Gasteiger charge is 2.62. The van der Waals surface area contributed by atoms with Crippen LogP contribution < -0.4 is 15.4 Å². The zero-order valence-corrected chi connectivity index (χ0v) is 33.7. The van der Waals surface area contributed by atoms with Gasteiger partial charge in [-0.05, 0) is 75.0 Å². The Morgan fingerprint density at radius 1 is 1.14 bits per heavy atom. The molecule has 1 aromatic carbocycles. The number of hydrogen-bond donors (Lipinski definition) is 3. The molecule has 3 fully saturated rings. The lowest BCUT2D eigenvalue weighted by atomic mass is 9.88. The smallest absolute Gasteiger partial charge is 0.407 e. The Kier molecular flexibility index (Phi) is 11.8. The molecule has 2 aliphatic carbocycles. The van der Waals surface area contributed by atoms with Crippen LogP contribution >= 0.6 is 0 Å². The maximum Gasteiger partial charge on any atom is 0.407 e. The van der Waals surface area contributed by atoms with Gasteiger partial charge in [0.05, 0.1) is 30.2 Å². The normalized spacial score (nSPS) is 28.5. The second-order valence-electron chi connectivity index (χ2n) is 17.4. The summed E-state index contributed by atoms with van der Waals surface area (Å²) in [5, 5.41) is 4.74. The van der Waals surface area contributed by atoms with Crippen molar-refractivity contribution in [3.63, 3.8) is 0 Å². The molecule has 3 heterocycles. The third-order valence-corrected chi connectivity index (χ3v) is 12.9. The lowest BCUT2D eigenvalue weighted by molar-refractivity contribution is -0.143. The van der Waals surface area contributed by atoms with Gasteiger partial charge in [0, 0.05) is 32.0 Å². The number of nitrogens with zero attached hydrogens (tertiary/aromatic N) is 2. The molecule has 5 atom stereocenters. The van der Waals surface area contributed by atoms with Crippen LogP contribution in [0.5, 0.6) is 0 Å². The molecule has 0 aromatic heterocycles. The molecule has 56 heavy (non-hydrogen) atoms. The number of cyclic esters (lactones) is 1. The Balaban J connectivity index is 1.27. The van der Waals surface area contributed by atoms with E-state index >= 15 is 0 Å². The Morgan fingerprint density at radius 3 is 2.57 bits per heavy atom. The Morgan fingerprint density at radius 2 is 1.89 bits per heavy atom. The minimum atomic E-state index is -3.92. The van der Waals surface area contributed by atoms with Crippen LogP contribution in [0.4, 0.5) is 4.79 Å². The molecule has 4 bridgehead atoms. The summed E-state index contributed by atoms with van der Waals surface area (Å²) in [5.74, 6) is -3.05. The van der Waals surface area contributed by atoms with Crippen LogP contribution in [-0.2, 0) is 56.5 Å². The number of fused-ring (bicyclic) bond motifs is 3. The van der Waals surface area contributed by atoms with E-state index in [0.29, 0.717) is 38.8 Å². The van der Waals surface area contributed by atoms with E-state index in [9.17, 15) is 32.4 Å². The highest BCUT2D eigenvalue weighted by molar-refractivity contribution is 7.91. The number of alkyl carbamates (subject to hydrolysis) is 1. The summed E-state index contributed by atoms with van der Waals surface area (Å²) in [6.45, 7) is 13.4. The van der Waals surface area contributed by atoms with Crippen LogP contribution in [0.1, 0.15) is 89.8 Å².